The summed E-state index contributed by atoms with van der Waals surface area (Å²) in [5, 5.41) is 15.3. The molecular formula is C6H3ClF3N3O2. The van der Waals surface area contributed by atoms with Crippen LogP contribution in [0.3, 0.4) is 0 Å². The van der Waals surface area contributed by atoms with Gasteiger partial charge in [-0.25, -0.2) is 4.79 Å². The topological polar surface area (TPSA) is 75.1 Å². The minimum atomic E-state index is -4.75. The van der Waals surface area contributed by atoms with E-state index >= 15 is 0 Å². The Bertz CT molecular complexity index is 396. The molecule has 0 aromatic carbocycles. The summed E-state index contributed by atoms with van der Waals surface area (Å²) in [6, 6.07) is 0.486. The van der Waals surface area contributed by atoms with Crippen molar-refractivity contribution >= 4 is 23.5 Å². The summed E-state index contributed by atoms with van der Waals surface area (Å²) < 4.78 is 37.0. The third-order valence-corrected chi connectivity index (χ3v) is 1.48. The third kappa shape index (κ3) is 2.94. The molecule has 1 rings (SSSR count). The molecule has 1 amide bonds. The van der Waals surface area contributed by atoms with Crippen molar-refractivity contribution in [3.8, 4) is 0 Å². The lowest BCUT2D eigenvalue weighted by Gasteiger charge is -2.10. The number of carboxylic acid groups (broad SMARTS) is 1. The molecule has 0 radical (unpaired) electrons. The number of amides is 1. The SMILES string of the molecule is O=C(O)Nc1nnc(Cl)cc1C(F)(F)F. The Labute approximate surface area is 85.9 Å². The smallest absolute Gasteiger partial charge is 0.420 e. The van der Waals surface area contributed by atoms with E-state index in [9.17, 15) is 18.0 Å². The van der Waals surface area contributed by atoms with Crippen LogP contribution in [-0.2, 0) is 6.18 Å². The monoisotopic (exact) mass is 241 g/mol. The Morgan fingerprint density at radius 1 is 1.47 bits per heavy atom. The number of nitrogens with one attached hydrogen (secondary N) is 1. The van der Waals surface area contributed by atoms with Crippen LogP contribution in [0.15, 0.2) is 6.07 Å². The van der Waals surface area contributed by atoms with Gasteiger partial charge in [0.15, 0.2) is 11.0 Å². The Morgan fingerprint density at radius 3 is 2.53 bits per heavy atom. The highest BCUT2D eigenvalue weighted by molar-refractivity contribution is 6.29. The van der Waals surface area contributed by atoms with Crippen LogP contribution in [0.2, 0.25) is 5.15 Å². The number of anilines is 1. The predicted octanol–water partition coefficient (Wildman–Crippen LogP) is 2.24. The molecule has 5 nitrogen and oxygen atoms in total. The molecule has 1 aromatic heterocycles. The molecule has 0 aliphatic carbocycles. The normalized spacial score (nSPS) is 11.2. The molecule has 1 aromatic rings. The number of hydrogen-bond donors (Lipinski definition) is 2. The zero-order valence-electron chi connectivity index (χ0n) is 6.84. The van der Waals surface area contributed by atoms with Gasteiger partial charge in [-0.3, -0.25) is 5.32 Å². The zero-order valence-corrected chi connectivity index (χ0v) is 7.60. The van der Waals surface area contributed by atoms with Crippen molar-refractivity contribution < 1.29 is 23.1 Å². The highest BCUT2D eigenvalue weighted by Crippen LogP contribution is 2.34. The molecule has 82 valence electrons. The summed E-state index contributed by atoms with van der Waals surface area (Å²) in [4.78, 5) is 10.2. The van der Waals surface area contributed by atoms with Crippen LogP contribution in [0, 0.1) is 0 Å². The van der Waals surface area contributed by atoms with Crippen LogP contribution < -0.4 is 5.32 Å². The Morgan fingerprint density at radius 2 is 2.07 bits per heavy atom. The Hall–Kier alpha value is -1.57. The van der Waals surface area contributed by atoms with Crippen LogP contribution in [0.25, 0.3) is 0 Å². The minimum absolute atomic E-state index is 0.474. The van der Waals surface area contributed by atoms with E-state index in [-0.39, 0.29) is 0 Å². The molecule has 0 spiro atoms. The summed E-state index contributed by atoms with van der Waals surface area (Å²) in [7, 11) is 0. The molecule has 0 aliphatic heterocycles. The second-order valence-electron chi connectivity index (χ2n) is 2.36. The lowest BCUT2D eigenvalue weighted by molar-refractivity contribution is -0.137. The van der Waals surface area contributed by atoms with Gasteiger partial charge in [-0.1, -0.05) is 11.6 Å². The van der Waals surface area contributed by atoms with Crippen LogP contribution in [0.1, 0.15) is 5.56 Å². The fourth-order valence-corrected chi connectivity index (χ4v) is 0.925. The maximum absolute atomic E-state index is 12.3. The lowest BCUT2D eigenvalue weighted by Crippen LogP contribution is -2.16. The highest BCUT2D eigenvalue weighted by Gasteiger charge is 2.35. The number of rotatable bonds is 1. The molecule has 0 aliphatic rings. The van der Waals surface area contributed by atoms with Crippen molar-refractivity contribution in [1.82, 2.24) is 10.2 Å². The molecule has 0 saturated carbocycles. The maximum Gasteiger partial charge on any atom is 0.420 e. The minimum Gasteiger partial charge on any atom is -0.465 e. The summed E-state index contributed by atoms with van der Waals surface area (Å²) >= 11 is 5.21. The fraction of sp³-hybridized carbons (Fsp3) is 0.167. The molecule has 9 heteroatoms. The quantitative estimate of drug-likeness (QED) is 0.791. The summed E-state index contributed by atoms with van der Waals surface area (Å²) in [6.07, 6.45) is -6.42. The van der Waals surface area contributed by atoms with Gasteiger partial charge in [0, 0.05) is 0 Å². The zero-order chi connectivity index (χ0) is 11.6. The molecule has 0 atom stereocenters. The molecule has 0 bridgehead atoms. The largest absolute Gasteiger partial charge is 0.465 e. The highest BCUT2D eigenvalue weighted by atomic mass is 35.5. The van der Waals surface area contributed by atoms with Gasteiger partial charge in [-0.05, 0) is 6.07 Å². The van der Waals surface area contributed by atoms with E-state index in [1.54, 1.807) is 0 Å². The van der Waals surface area contributed by atoms with E-state index < -0.39 is 28.8 Å². The first-order chi connectivity index (χ1) is 6.80. The lowest BCUT2D eigenvalue weighted by atomic mass is 10.3. The van der Waals surface area contributed by atoms with Crippen LogP contribution in [0.5, 0.6) is 0 Å². The Kier molecular flexibility index (Phi) is 2.98. The second-order valence-corrected chi connectivity index (χ2v) is 2.74. The number of nitrogens with zero attached hydrogens (tertiary/aromatic N) is 2. The first-order valence-electron chi connectivity index (χ1n) is 3.41. The number of halogens is 4. The van der Waals surface area contributed by atoms with Gasteiger partial charge in [0.2, 0.25) is 0 Å². The van der Waals surface area contributed by atoms with E-state index in [1.807, 2.05) is 0 Å². The summed E-state index contributed by atoms with van der Waals surface area (Å²) in [5.74, 6) is -0.903. The van der Waals surface area contributed by atoms with Crippen molar-refractivity contribution in [1.29, 1.82) is 0 Å². The van der Waals surface area contributed by atoms with Crippen molar-refractivity contribution in [2.75, 3.05) is 5.32 Å². The van der Waals surface area contributed by atoms with Crippen LogP contribution >= 0.6 is 11.6 Å². The second kappa shape index (κ2) is 3.89. The van der Waals surface area contributed by atoms with Gasteiger partial charge in [0.05, 0.1) is 0 Å². The van der Waals surface area contributed by atoms with Gasteiger partial charge >= 0.3 is 12.3 Å². The molecule has 0 unspecified atom stereocenters. The van der Waals surface area contributed by atoms with Crippen molar-refractivity contribution in [3.05, 3.63) is 16.8 Å². The van der Waals surface area contributed by atoms with Crippen molar-refractivity contribution in [2.45, 2.75) is 6.18 Å². The van der Waals surface area contributed by atoms with Crippen molar-refractivity contribution in [2.24, 2.45) is 0 Å². The van der Waals surface area contributed by atoms with Gasteiger partial charge in [-0.15, -0.1) is 10.2 Å². The van der Waals surface area contributed by atoms with Gasteiger partial charge in [-0.2, -0.15) is 13.2 Å². The van der Waals surface area contributed by atoms with E-state index in [0.29, 0.717) is 6.07 Å². The predicted molar refractivity (Wildman–Crippen MR) is 43.7 cm³/mol. The van der Waals surface area contributed by atoms with Crippen LogP contribution in [-0.4, -0.2) is 21.4 Å². The van der Waals surface area contributed by atoms with Gasteiger partial charge in [0.25, 0.3) is 0 Å². The van der Waals surface area contributed by atoms with Gasteiger partial charge < -0.3 is 5.11 Å². The fourth-order valence-electron chi connectivity index (χ4n) is 0.778. The first-order valence-corrected chi connectivity index (χ1v) is 3.79. The summed E-state index contributed by atoms with van der Waals surface area (Å²) in [5.41, 5.74) is -1.29. The molecule has 2 N–H and O–H groups in total. The van der Waals surface area contributed by atoms with E-state index in [4.69, 9.17) is 16.7 Å². The average Bonchev–Trinajstić information content (AvgIpc) is 2.05. The number of aromatic nitrogens is 2. The molecular weight excluding hydrogens is 239 g/mol. The maximum atomic E-state index is 12.3. The summed E-state index contributed by atoms with van der Waals surface area (Å²) in [6.45, 7) is 0. The molecule has 0 fully saturated rings. The number of carbonyl (C=O) groups is 1. The molecule has 1 heterocycles. The van der Waals surface area contributed by atoms with E-state index in [0.717, 1.165) is 0 Å². The third-order valence-electron chi connectivity index (χ3n) is 1.29. The first kappa shape index (κ1) is 11.5. The molecule has 0 saturated heterocycles. The van der Waals surface area contributed by atoms with Gasteiger partial charge in [0.1, 0.15) is 5.56 Å². The van der Waals surface area contributed by atoms with E-state index in [1.165, 1.54) is 5.32 Å². The standard InChI is InChI=1S/C6H3ClF3N3O2/c7-3-1-2(6(8,9)10)4(13-12-3)11-5(14)15/h1H,(H,11,13)(H,14,15). The van der Waals surface area contributed by atoms with E-state index in [2.05, 4.69) is 10.2 Å². The van der Waals surface area contributed by atoms with Crippen molar-refractivity contribution in [3.63, 3.8) is 0 Å². The Balaban J connectivity index is 3.20. The average molecular weight is 242 g/mol. The number of hydrogen-bond acceptors (Lipinski definition) is 3. The molecule has 15 heavy (non-hydrogen) atoms. The van der Waals surface area contributed by atoms with Crippen LogP contribution in [0.4, 0.5) is 23.8 Å². The number of alkyl halides is 3.